The lowest BCUT2D eigenvalue weighted by Gasteiger charge is -2.39. The average molecular weight is 382 g/mol. The van der Waals surface area contributed by atoms with E-state index in [1.54, 1.807) is 6.92 Å². The summed E-state index contributed by atoms with van der Waals surface area (Å²) in [6.07, 6.45) is 1.31. The normalized spacial score (nSPS) is 18.4. The van der Waals surface area contributed by atoms with E-state index in [4.69, 9.17) is 5.11 Å². The molecule has 0 radical (unpaired) electrons. The number of likely N-dealkylation sites (tertiary alicyclic amines) is 2. The van der Waals surface area contributed by atoms with Crippen LogP contribution < -0.4 is 0 Å². The molecule has 2 saturated heterocycles. The highest BCUT2D eigenvalue weighted by molar-refractivity contribution is 6.45. The Morgan fingerprint density at radius 3 is 1.70 bits per heavy atom. The smallest absolute Gasteiger partial charge is 0.336 e. The second-order valence-electron chi connectivity index (χ2n) is 6.28. The monoisotopic (exact) mass is 382 g/mol. The van der Waals surface area contributed by atoms with Gasteiger partial charge in [-0.3, -0.25) is 43.4 Å². The first-order valence-corrected chi connectivity index (χ1v) is 8.43. The zero-order valence-electron chi connectivity index (χ0n) is 15.6. The highest BCUT2D eigenvalue weighted by atomic mass is 16.4. The molecular weight excluding hydrogens is 360 g/mol. The maximum atomic E-state index is 11.5. The van der Waals surface area contributed by atoms with Crippen molar-refractivity contribution in [3.05, 3.63) is 0 Å². The Balaban J connectivity index is 0.000000277. The largest absolute Gasteiger partial charge is 0.480 e. The number of carboxylic acid groups (broad SMARTS) is 1. The van der Waals surface area contributed by atoms with Crippen LogP contribution in [-0.4, -0.2) is 70.2 Å². The van der Waals surface area contributed by atoms with Crippen LogP contribution >= 0.6 is 0 Å². The Kier molecular flexibility index (Phi) is 6.71. The van der Waals surface area contributed by atoms with Gasteiger partial charge in [0.15, 0.2) is 17.5 Å². The van der Waals surface area contributed by atoms with Crippen LogP contribution in [-0.2, 0) is 33.6 Å². The molecule has 0 bridgehead atoms. The fraction of sp³-hybridized carbons (Fsp3) is 0.588. The van der Waals surface area contributed by atoms with Crippen LogP contribution in [0.3, 0.4) is 0 Å². The number of imide groups is 2. The van der Waals surface area contributed by atoms with E-state index in [1.165, 1.54) is 7.05 Å². The molecule has 0 atom stereocenters. The molecular formula is C17H22N2O8. The zero-order valence-corrected chi connectivity index (χ0v) is 15.6. The SMILES string of the molecule is CCCC(=O)C1(C(=O)O)C(=O)N(C)C1=O.CCCC(=O)C1C(=O)N(C)C1=O. The van der Waals surface area contributed by atoms with E-state index >= 15 is 0 Å². The summed E-state index contributed by atoms with van der Waals surface area (Å²) >= 11 is 0. The van der Waals surface area contributed by atoms with Crippen LogP contribution in [0.5, 0.6) is 0 Å². The molecule has 2 aliphatic heterocycles. The molecule has 2 aliphatic rings. The van der Waals surface area contributed by atoms with E-state index < -0.39 is 34.9 Å². The molecule has 10 heteroatoms. The Morgan fingerprint density at radius 1 is 0.889 bits per heavy atom. The highest BCUT2D eigenvalue weighted by Gasteiger charge is 2.69. The van der Waals surface area contributed by atoms with Gasteiger partial charge in [0.2, 0.25) is 11.8 Å². The lowest BCUT2D eigenvalue weighted by atomic mass is 9.73. The number of Topliss-reactive ketones (excluding diaryl/α,β-unsaturated/α-hetero) is 2. The number of hydrogen-bond acceptors (Lipinski definition) is 7. The Bertz CT molecular complexity index is 694. The summed E-state index contributed by atoms with van der Waals surface area (Å²) < 4.78 is 0. The van der Waals surface area contributed by atoms with Crippen molar-refractivity contribution in [1.82, 2.24) is 9.80 Å². The van der Waals surface area contributed by atoms with Crippen LogP contribution in [0.15, 0.2) is 0 Å². The minimum absolute atomic E-state index is 0.0857. The minimum Gasteiger partial charge on any atom is -0.480 e. The maximum Gasteiger partial charge on any atom is 0.336 e. The molecule has 0 aliphatic carbocycles. The quantitative estimate of drug-likeness (QED) is 0.453. The summed E-state index contributed by atoms with van der Waals surface area (Å²) in [7, 11) is 2.55. The maximum absolute atomic E-state index is 11.5. The van der Waals surface area contributed by atoms with Gasteiger partial charge in [0.05, 0.1) is 0 Å². The van der Waals surface area contributed by atoms with Crippen molar-refractivity contribution in [2.45, 2.75) is 39.5 Å². The van der Waals surface area contributed by atoms with Crippen LogP contribution in [0.2, 0.25) is 0 Å². The summed E-state index contributed by atoms with van der Waals surface area (Å²) in [4.78, 5) is 79.8. The van der Waals surface area contributed by atoms with Crippen LogP contribution in [0.4, 0.5) is 0 Å². The minimum atomic E-state index is -2.45. The first-order valence-electron chi connectivity index (χ1n) is 8.43. The van der Waals surface area contributed by atoms with Gasteiger partial charge in [-0.1, -0.05) is 13.8 Å². The second-order valence-corrected chi connectivity index (χ2v) is 6.28. The summed E-state index contributed by atoms with van der Waals surface area (Å²) in [5.74, 6) is -6.34. The lowest BCUT2D eigenvalue weighted by Crippen LogP contribution is -2.71. The van der Waals surface area contributed by atoms with Crippen molar-refractivity contribution in [3.63, 3.8) is 0 Å². The van der Waals surface area contributed by atoms with E-state index in [9.17, 15) is 33.6 Å². The topological polar surface area (TPSA) is 146 Å². The first kappa shape index (κ1) is 22.1. The van der Waals surface area contributed by atoms with E-state index in [-0.39, 0.29) is 24.0 Å². The number of carbonyl (C=O) groups excluding carboxylic acids is 6. The van der Waals surface area contributed by atoms with Crippen molar-refractivity contribution in [2.24, 2.45) is 11.3 Å². The Hall–Kier alpha value is -2.91. The van der Waals surface area contributed by atoms with Crippen molar-refractivity contribution in [2.75, 3.05) is 14.1 Å². The second kappa shape index (κ2) is 8.19. The Morgan fingerprint density at radius 2 is 1.33 bits per heavy atom. The van der Waals surface area contributed by atoms with Gasteiger partial charge < -0.3 is 5.11 Å². The highest BCUT2D eigenvalue weighted by Crippen LogP contribution is 2.35. The number of rotatable bonds is 7. The summed E-state index contributed by atoms with van der Waals surface area (Å²) in [6, 6.07) is 0. The molecule has 0 aromatic rings. The van der Waals surface area contributed by atoms with E-state index in [0.717, 1.165) is 11.9 Å². The van der Waals surface area contributed by atoms with Gasteiger partial charge in [0.25, 0.3) is 17.2 Å². The van der Waals surface area contributed by atoms with Crippen molar-refractivity contribution in [1.29, 1.82) is 0 Å². The number of hydrogen-bond donors (Lipinski definition) is 1. The predicted octanol–water partition coefficient (Wildman–Crippen LogP) is -0.604. The fourth-order valence-corrected chi connectivity index (χ4v) is 2.79. The molecule has 4 amide bonds. The van der Waals surface area contributed by atoms with Gasteiger partial charge in [-0.05, 0) is 12.8 Å². The molecule has 0 spiro atoms. The third-order valence-corrected chi connectivity index (χ3v) is 4.44. The standard InChI is InChI=1S/C9H11NO5.C8H11NO3/c1-3-4-5(11)9(8(14)15)6(12)10(2)7(9)13;1-3-4-5(10)6-7(11)9(2)8(6)12/h3-4H2,1-2H3,(H,14,15);6H,3-4H2,1-2H3. The van der Waals surface area contributed by atoms with Crippen molar-refractivity contribution >= 4 is 41.2 Å². The first-order chi connectivity index (χ1) is 12.5. The van der Waals surface area contributed by atoms with Gasteiger partial charge in [-0.15, -0.1) is 0 Å². The zero-order chi connectivity index (χ0) is 21.1. The third kappa shape index (κ3) is 3.38. The average Bonchev–Trinajstić information content (AvgIpc) is 2.62. The van der Waals surface area contributed by atoms with E-state index in [1.807, 2.05) is 6.92 Å². The van der Waals surface area contributed by atoms with Crippen molar-refractivity contribution < 1.29 is 38.7 Å². The molecule has 0 aromatic carbocycles. The number of carbonyl (C=O) groups is 7. The molecule has 0 aromatic heterocycles. The van der Waals surface area contributed by atoms with Crippen LogP contribution in [0.1, 0.15) is 39.5 Å². The van der Waals surface area contributed by atoms with Gasteiger partial charge in [-0.25, -0.2) is 0 Å². The van der Waals surface area contributed by atoms with Crippen LogP contribution in [0, 0.1) is 11.3 Å². The molecule has 2 rings (SSSR count). The molecule has 10 nitrogen and oxygen atoms in total. The molecule has 2 fully saturated rings. The van der Waals surface area contributed by atoms with E-state index in [2.05, 4.69) is 0 Å². The van der Waals surface area contributed by atoms with Gasteiger partial charge in [0.1, 0.15) is 0 Å². The number of carboxylic acids is 1. The number of aliphatic carboxylic acids is 1. The molecule has 148 valence electrons. The summed E-state index contributed by atoms with van der Waals surface area (Å²) in [5, 5.41) is 8.85. The van der Waals surface area contributed by atoms with Crippen LogP contribution in [0.25, 0.3) is 0 Å². The number of nitrogens with zero attached hydrogens (tertiary/aromatic N) is 2. The lowest BCUT2D eigenvalue weighted by molar-refractivity contribution is -0.185. The van der Waals surface area contributed by atoms with Crippen molar-refractivity contribution in [3.8, 4) is 0 Å². The predicted molar refractivity (Wildman–Crippen MR) is 88.9 cm³/mol. The molecule has 0 saturated carbocycles. The fourth-order valence-electron chi connectivity index (χ4n) is 2.79. The summed E-state index contributed by atoms with van der Waals surface area (Å²) in [5.41, 5.74) is -2.45. The third-order valence-electron chi connectivity index (χ3n) is 4.44. The Labute approximate surface area is 155 Å². The number of β-lactam (4-membered cyclic amide) rings is 4. The number of amides is 4. The van der Waals surface area contributed by atoms with Gasteiger partial charge in [-0.2, -0.15) is 0 Å². The van der Waals surface area contributed by atoms with Gasteiger partial charge >= 0.3 is 5.97 Å². The molecule has 1 N–H and O–H groups in total. The molecule has 27 heavy (non-hydrogen) atoms. The van der Waals surface area contributed by atoms with E-state index in [0.29, 0.717) is 24.2 Å². The number of ketones is 2. The summed E-state index contributed by atoms with van der Waals surface area (Å²) in [6.45, 7) is 3.51. The molecule has 0 unspecified atom stereocenters. The molecule has 2 heterocycles. The van der Waals surface area contributed by atoms with Gasteiger partial charge in [0, 0.05) is 26.9 Å².